The molecule has 2 rings (SSSR count). The molecule has 1 aliphatic carbocycles. The van der Waals surface area contributed by atoms with Crippen molar-refractivity contribution in [2.75, 3.05) is 5.32 Å². The van der Waals surface area contributed by atoms with Crippen LogP contribution in [0.15, 0.2) is 0 Å². The van der Waals surface area contributed by atoms with E-state index in [0.29, 0.717) is 11.5 Å². The van der Waals surface area contributed by atoms with E-state index in [1.807, 2.05) is 0 Å². The normalized spacial score (nSPS) is 17.8. The summed E-state index contributed by atoms with van der Waals surface area (Å²) in [5.74, 6) is -2.37. The predicted octanol–water partition coefficient (Wildman–Crippen LogP) is 1.83. The molecule has 9 heteroatoms. The van der Waals surface area contributed by atoms with E-state index in [1.165, 1.54) is 0 Å². The number of carboxylic acids is 1. The third-order valence-electron chi connectivity index (χ3n) is 2.32. The fourth-order valence-electron chi connectivity index (χ4n) is 1.34. The van der Waals surface area contributed by atoms with Crippen LogP contribution in [0.25, 0.3) is 0 Å². The minimum absolute atomic E-state index is 0.0364. The molecule has 0 amide bonds. The number of nitrogens with zero attached hydrogens (tertiary/aromatic N) is 2. The quantitative estimate of drug-likeness (QED) is 0.870. The molecule has 1 fully saturated rings. The minimum atomic E-state index is -4.60. The zero-order valence-corrected chi connectivity index (χ0v) is 9.18. The summed E-state index contributed by atoms with van der Waals surface area (Å²) < 4.78 is 39.7. The molecule has 1 saturated carbocycles. The van der Waals surface area contributed by atoms with E-state index >= 15 is 0 Å². The first-order valence-electron chi connectivity index (χ1n) is 4.78. The van der Waals surface area contributed by atoms with E-state index in [4.69, 9.17) is 5.11 Å². The molecule has 0 spiro atoms. The van der Waals surface area contributed by atoms with Crippen LogP contribution in [0, 0.1) is 5.92 Å². The maximum Gasteiger partial charge on any atom is 0.452 e. The van der Waals surface area contributed by atoms with Crippen LogP contribution in [-0.2, 0) is 11.0 Å². The highest BCUT2D eigenvalue weighted by Gasteiger charge is 2.39. The van der Waals surface area contributed by atoms with Crippen molar-refractivity contribution in [3.63, 3.8) is 0 Å². The number of halogens is 3. The molecule has 0 aromatic carbocycles. The summed E-state index contributed by atoms with van der Waals surface area (Å²) >= 11 is 0.512. The molecule has 2 N–H and O–H groups in total. The summed E-state index contributed by atoms with van der Waals surface area (Å²) in [5, 5.41) is 11.2. The number of alkyl halides is 3. The number of aromatic nitrogens is 2. The van der Waals surface area contributed by atoms with Crippen molar-refractivity contribution < 1.29 is 23.1 Å². The molecule has 0 bridgehead atoms. The van der Waals surface area contributed by atoms with Gasteiger partial charge in [-0.25, -0.2) is 4.79 Å². The van der Waals surface area contributed by atoms with Crippen LogP contribution < -0.4 is 5.32 Å². The van der Waals surface area contributed by atoms with Gasteiger partial charge in [0.25, 0.3) is 0 Å². The van der Waals surface area contributed by atoms with Gasteiger partial charge in [0.05, 0.1) is 0 Å². The van der Waals surface area contributed by atoms with Crippen molar-refractivity contribution in [2.45, 2.75) is 25.1 Å². The van der Waals surface area contributed by atoms with E-state index in [-0.39, 0.29) is 11.0 Å². The number of rotatable bonds is 4. The molecular formula is C8H8F3N3O2S. The van der Waals surface area contributed by atoms with Gasteiger partial charge in [0, 0.05) is 11.5 Å². The highest BCUT2D eigenvalue weighted by atomic mass is 32.1. The Labute approximate surface area is 97.8 Å². The Morgan fingerprint density at radius 1 is 1.53 bits per heavy atom. The van der Waals surface area contributed by atoms with Crippen molar-refractivity contribution in [1.82, 2.24) is 9.36 Å². The average molecular weight is 267 g/mol. The fourth-order valence-corrected chi connectivity index (χ4v) is 1.97. The first-order valence-corrected chi connectivity index (χ1v) is 5.55. The van der Waals surface area contributed by atoms with Crippen molar-refractivity contribution >= 4 is 22.6 Å². The molecule has 1 atom stereocenters. The molecule has 1 aliphatic rings. The number of nitrogens with one attached hydrogen (secondary N) is 1. The third-order valence-corrected chi connectivity index (χ3v) is 2.96. The predicted molar refractivity (Wildman–Crippen MR) is 52.7 cm³/mol. The fraction of sp³-hybridized carbons (Fsp3) is 0.625. The lowest BCUT2D eigenvalue weighted by Crippen LogP contribution is -2.31. The van der Waals surface area contributed by atoms with Crippen LogP contribution in [0.1, 0.15) is 18.7 Å². The highest BCUT2D eigenvalue weighted by molar-refractivity contribution is 7.09. The second kappa shape index (κ2) is 4.13. The lowest BCUT2D eigenvalue weighted by atomic mass is 10.2. The second-order valence-corrected chi connectivity index (χ2v) is 4.47. The van der Waals surface area contributed by atoms with Crippen molar-refractivity contribution in [1.29, 1.82) is 0 Å². The van der Waals surface area contributed by atoms with Crippen LogP contribution in [0.4, 0.5) is 18.3 Å². The lowest BCUT2D eigenvalue weighted by Gasteiger charge is -2.11. The standard InChI is InChI=1S/C8H8F3N3O2S/c9-8(10,11)6-13-7(17-14-6)12-4(5(15)16)3-1-2-3/h3-4H,1-2H2,(H,15,16)(H,12,13,14). The Balaban J connectivity index is 2.07. The van der Waals surface area contributed by atoms with Crippen LogP contribution >= 0.6 is 11.5 Å². The molecule has 5 nitrogen and oxygen atoms in total. The summed E-state index contributed by atoms with van der Waals surface area (Å²) in [5.41, 5.74) is 0. The minimum Gasteiger partial charge on any atom is -0.480 e. The highest BCUT2D eigenvalue weighted by Crippen LogP contribution is 2.35. The molecule has 1 unspecified atom stereocenters. The van der Waals surface area contributed by atoms with Gasteiger partial charge in [-0.05, 0) is 18.8 Å². The first-order chi connectivity index (χ1) is 7.88. The Morgan fingerprint density at radius 3 is 2.59 bits per heavy atom. The molecule has 17 heavy (non-hydrogen) atoms. The lowest BCUT2D eigenvalue weighted by molar-refractivity contribution is -0.144. The molecule has 0 radical (unpaired) electrons. The van der Waals surface area contributed by atoms with Crippen LogP contribution in [0.5, 0.6) is 0 Å². The molecule has 1 heterocycles. The molecule has 0 aliphatic heterocycles. The van der Waals surface area contributed by atoms with Crippen LogP contribution in [0.2, 0.25) is 0 Å². The van der Waals surface area contributed by atoms with Crippen molar-refractivity contribution in [3.05, 3.63) is 5.82 Å². The maximum absolute atomic E-state index is 12.2. The Bertz CT molecular complexity index is 430. The van der Waals surface area contributed by atoms with Crippen LogP contribution in [-0.4, -0.2) is 26.5 Å². The van der Waals surface area contributed by atoms with Gasteiger partial charge in [0.2, 0.25) is 11.0 Å². The second-order valence-electron chi connectivity index (χ2n) is 3.72. The molecule has 1 aromatic heterocycles. The van der Waals surface area contributed by atoms with Gasteiger partial charge in [-0.1, -0.05) is 0 Å². The van der Waals surface area contributed by atoms with Gasteiger partial charge in [-0.2, -0.15) is 22.5 Å². The number of anilines is 1. The Morgan fingerprint density at radius 2 is 2.18 bits per heavy atom. The molecular weight excluding hydrogens is 259 g/mol. The topological polar surface area (TPSA) is 75.1 Å². The van der Waals surface area contributed by atoms with Gasteiger partial charge >= 0.3 is 12.1 Å². The van der Waals surface area contributed by atoms with Crippen LogP contribution in [0.3, 0.4) is 0 Å². The first kappa shape index (κ1) is 12.1. The Hall–Kier alpha value is -1.38. The van der Waals surface area contributed by atoms with Gasteiger partial charge in [-0.15, -0.1) is 0 Å². The largest absolute Gasteiger partial charge is 0.480 e. The SMILES string of the molecule is O=C(O)C(Nc1nc(C(F)(F)F)ns1)C1CC1. The van der Waals surface area contributed by atoms with Gasteiger partial charge in [0.1, 0.15) is 6.04 Å². The monoisotopic (exact) mass is 267 g/mol. The van der Waals surface area contributed by atoms with Gasteiger partial charge in [-0.3, -0.25) is 0 Å². The summed E-state index contributed by atoms with van der Waals surface area (Å²) in [6.07, 6.45) is -3.08. The maximum atomic E-state index is 12.2. The molecule has 1 aromatic rings. The van der Waals surface area contributed by atoms with E-state index in [1.54, 1.807) is 0 Å². The van der Waals surface area contributed by atoms with E-state index in [0.717, 1.165) is 12.8 Å². The summed E-state index contributed by atoms with van der Waals surface area (Å²) in [6.45, 7) is 0. The zero-order valence-electron chi connectivity index (χ0n) is 8.36. The van der Waals surface area contributed by atoms with E-state index in [9.17, 15) is 18.0 Å². The van der Waals surface area contributed by atoms with Crippen molar-refractivity contribution in [2.24, 2.45) is 5.92 Å². The summed E-state index contributed by atoms with van der Waals surface area (Å²) in [6, 6.07) is -0.885. The smallest absolute Gasteiger partial charge is 0.452 e. The number of aliphatic carboxylic acids is 1. The number of hydrogen-bond acceptors (Lipinski definition) is 5. The third kappa shape index (κ3) is 2.84. The summed E-state index contributed by atoms with van der Waals surface area (Å²) in [7, 11) is 0. The Kier molecular flexibility index (Phi) is 2.94. The zero-order chi connectivity index (χ0) is 12.6. The van der Waals surface area contributed by atoms with Gasteiger partial charge < -0.3 is 10.4 Å². The summed E-state index contributed by atoms with van der Waals surface area (Å²) in [4.78, 5) is 14.1. The van der Waals surface area contributed by atoms with Crippen molar-refractivity contribution in [3.8, 4) is 0 Å². The van der Waals surface area contributed by atoms with Gasteiger partial charge in [0.15, 0.2) is 0 Å². The number of hydrogen-bond donors (Lipinski definition) is 2. The number of carboxylic acid groups (broad SMARTS) is 1. The molecule has 0 saturated heterocycles. The van der Waals surface area contributed by atoms with E-state index in [2.05, 4.69) is 14.7 Å². The number of carbonyl (C=O) groups is 1. The average Bonchev–Trinajstić information content (AvgIpc) is 2.91. The van der Waals surface area contributed by atoms with E-state index < -0.39 is 24.0 Å². The molecule has 94 valence electrons.